The minimum absolute atomic E-state index is 0.133. The van der Waals surface area contributed by atoms with Gasteiger partial charge >= 0.3 is 0 Å². The van der Waals surface area contributed by atoms with Crippen LogP contribution in [0.25, 0.3) is 0 Å². The minimum atomic E-state index is -0.393. The van der Waals surface area contributed by atoms with Crippen LogP contribution < -0.4 is 10.6 Å². The van der Waals surface area contributed by atoms with Crippen LogP contribution in [-0.2, 0) is 4.79 Å². The summed E-state index contributed by atoms with van der Waals surface area (Å²) in [6, 6.07) is 6.43. The first-order valence-electron chi connectivity index (χ1n) is 6.44. The summed E-state index contributed by atoms with van der Waals surface area (Å²) in [6.45, 7) is 3.11. The number of carbonyl (C=O) groups is 1. The van der Waals surface area contributed by atoms with Crippen LogP contribution in [0, 0.1) is 11.7 Å². The van der Waals surface area contributed by atoms with E-state index in [0.717, 1.165) is 19.4 Å². The molecule has 1 fully saturated rings. The summed E-state index contributed by atoms with van der Waals surface area (Å²) >= 11 is 0. The molecule has 1 aromatic rings. The number of nitrogens with one attached hydrogen (secondary N) is 2. The fourth-order valence-electron chi connectivity index (χ4n) is 2.35. The van der Waals surface area contributed by atoms with E-state index in [1.807, 2.05) is 0 Å². The Balaban J connectivity index is 1.90. The molecule has 0 aromatic heterocycles. The summed E-state index contributed by atoms with van der Waals surface area (Å²) in [5.74, 6) is -0.0352. The van der Waals surface area contributed by atoms with Crippen molar-refractivity contribution < 1.29 is 9.18 Å². The number of carbonyl (C=O) groups excluding carboxylic acids is 1. The molecule has 0 spiro atoms. The van der Waals surface area contributed by atoms with Crippen LogP contribution in [0.2, 0.25) is 0 Å². The molecule has 98 valence electrons. The van der Waals surface area contributed by atoms with E-state index in [1.165, 1.54) is 6.07 Å². The van der Waals surface area contributed by atoms with Crippen LogP contribution in [0.1, 0.15) is 26.2 Å². The second-order valence-corrected chi connectivity index (χ2v) is 4.91. The number of para-hydroxylation sites is 1. The van der Waals surface area contributed by atoms with Crippen LogP contribution in [0.15, 0.2) is 24.3 Å². The Morgan fingerprint density at radius 2 is 2.28 bits per heavy atom. The summed E-state index contributed by atoms with van der Waals surface area (Å²) in [7, 11) is 0. The third-order valence-corrected chi connectivity index (χ3v) is 3.48. The Morgan fingerprint density at radius 3 is 3.00 bits per heavy atom. The Morgan fingerprint density at radius 1 is 1.50 bits per heavy atom. The van der Waals surface area contributed by atoms with E-state index in [0.29, 0.717) is 12.3 Å². The molecule has 1 aliphatic heterocycles. The lowest BCUT2D eigenvalue weighted by Crippen LogP contribution is -2.42. The highest BCUT2D eigenvalue weighted by atomic mass is 19.1. The quantitative estimate of drug-likeness (QED) is 0.865. The maximum atomic E-state index is 13.4. The molecule has 1 amide bonds. The van der Waals surface area contributed by atoms with Crippen molar-refractivity contribution in [1.29, 1.82) is 0 Å². The van der Waals surface area contributed by atoms with E-state index in [9.17, 15) is 9.18 Å². The SMILES string of the molecule is CC1CCCNC1CC(=O)Nc1ccccc1F. The van der Waals surface area contributed by atoms with Gasteiger partial charge in [-0.1, -0.05) is 19.1 Å². The van der Waals surface area contributed by atoms with Crippen molar-refractivity contribution in [2.45, 2.75) is 32.2 Å². The molecule has 2 N–H and O–H groups in total. The molecule has 3 nitrogen and oxygen atoms in total. The zero-order valence-corrected chi connectivity index (χ0v) is 10.6. The van der Waals surface area contributed by atoms with Gasteiger partial charge in [0, 0.05) is 12.5 Å². The first-order chi connectivity index (χ1) is 8.66. The molecule has 1 aliphatic rings. The Bertz CT molecular complexity index is 422. The van der Waals surface area contributed by atoms with Gasteiger partial charge in [0.25, 0.3) is 0 Å². The van der Waals surface area contributed by atoms with Crippen LogP contribution >= 0.6 is 0 Å². The lowest BCUT2D eigenvalue weighted by molar-refractivity contribution is -0.117. The van der Waals surface area contributed by atoms with Crippen LogP contribution in [0.3, 0.4) is 0 Å². The molecule has 2 atom stereocenters. The summed E-state index contributed by atoms with van der Waals surface area (Å²) in [4.78, 5) is 11.9. The highest BCUT2D eigenvalue weighted by Crippen LogP contribution is 2.19. The van der Waals surface area contributed by atoms with E-state index in [1.54, 1.807) is 18.2 Å². The first kappa shape index (κ1) is 13.0. The normalized spacial score (nSPS) is 23.7. The second-order valence-electron chi connectivity index (χ2n) is 4.91. The van der Waals surface area contributed by atoms with Crippen molar-refractivity contribution in [3.05, 3.63) is 30.1 Å². The molecular formula is C14H19FN2O. The predicted molar refractivity (Wildman–Crippen MR) is 69.8 cm³/mol. The predicted octanol–water partition coefficient (Wildman–Crippen LogP) is 2.54. The van der Waals surface area contributed by atoms with Gasteiger partial charge < -0.3 is 10.6 Å². The van der Waals surface area contributed by atoms with E-state index in [4.69, 9.17) is 0 Å². The molecule has 2 rings (SSSR count). The van der Waals surface area contributed by atoms with E-state index in [-0.39, 0.29) is 17.6 Å². The molecule has 2 unspecified atom stereocenters. The van der Waals surface area contributed by atoms with Crippen molar-refractivity contribution in [1.82, 2.24) is 5.32 Å². The second kappa shape index (κ2) is 5.96. The van der Waals surface area contributed by atoms with Gasteiger partial charge in [0.15, 0.2) is 0 Å². The monoisotopic (exact) mass is 250 g/mol. The Hall–Kier alpha value is -1.42. The number of halogens is 1. The highest BCUT2D eigenvalue weighted by Gasteiger charge is 2.23. The van der Waals surface area contributed by atoms with Gasteiger partial charge in [0.2, 0.25) is 5.91 Å². The summed E-state index contributed by atoms with van der Waals surface area (Å²) in [5.41, 5.74) is 0.256. The number of hydrogen-bond acceptors (Lipinski definition) is 2. The van der Waals surface area contributed by atoms with Gasteiger partial charge in [-0.3, -0.25) is 4.79 Å². The summed E-state index contributed by atoms with van der Waals surface area (Å²) in [6.07, 6.45) is 2.70. The fourth-order valence-corrected chi connectivity index (χ4v) is 2.35. The van der Waals surface area contributed by atoms with Crippen molar-refractivity contribution in [3.8, 4) is 0 Å². The Kier molecular flexibility index (Phi) is 4.31. The zero-order chi connectivity index (χ0) is 13.0. The third-order valence-electron chi connectivity index (χ3n) is 3.48. The Labute approximate surface area is 107 Å². The van der Waals surface area contributed by atoms with E-state index >= 15 is 0 Å². The molecule has 4 heteroatoms. The minimum Gasteiger partial charge on any atom is -0.324 e. The van der Waals surface area contributed by atoms with Crippen molar-refractivity contribution in [3.63, 3.8) is 0 Å². The molecule has 1 heterocycles. The topological polar surface area (TPSA) is 41.1 Å². The fraction of sp³-hybridized carbons (Fsp3) is 0.500. The summed E-state index contributed by atoms with van der Waals surface area (Å²) in [5, 5.41) is 5.97. The molecule has 1 aromatic carbocycles. The average molecular weight is 250 g/mol. The van der Waals surface area contributed by atoms with Gasteiger partial charge in [-0.2, -0.15) is 0 Å². The summed E-state index contributed by atoms with van der Waals surface area (Å²) < 4.78 is 13.4. The number of benzene rings is 1. The number of rotatable bonds is 3. The van der Waals surface area contributed by atoms with Gasteiger partial charge in [-0.25, -0.2) is 4.39 Å². The molecule has 0 bridgehead atoms. The average Bonchev–Trinajstić information content (AvgIpc) is 2.35. The number of anilines is 1. The smallest absolute Gasteiger partial charge is 0.226 e. The van der Waals surface area contributed by atoms with E-state index < -0.39 is 5.82 Å². The van der Waals surface area contributed by atoms with E-state index in [2.05, 4.69) is 17.6 Å². The van der Waals surface area contributed by atoms with Crippen LogP contribution in [0.4, 0.5) is 10.1 Å². The molecule has 0 radical (unpaired) electrons. The largest absolute Gasteiger partial charge is 0.324 e. The maximum absolute atomic E-state index is 13.4. The van der Waals surface area contributed by atoms with Gasteiger partial charge in [0.1, 0.15) is 5.82 Å². The number of hydrogen-bond donors (Lipinski definition) is 2. The molecule has 1 saturated heterocycles. The number of amides is 1. The molecule has 0 saturated carbocycles. The standard InChI is InChI=1S/C14H19FN2O/c1-10-5-4-8-16-13(10)9-14(18)17-12-7-3-2-6-11(12)15/h2-3,6-7,10,13,16H,4-5,8-9H2,1H3,(H,17,18). The van der Waals surface area contributed by atoms with Crippen LogP contribution in [0.5, 0.6) is 0 Å². The number of piperidine rings is 1. The lowest BCUT2D eigenvalue weighted by Gasteiger charge is -2.29. The van der Waals surface area contributed by atoms with Crippen LogP contribution in [-0.4, -0.2) is 18.5 Å². The van der Waals surface area contributed by atoms with Gasteiger partial charge in [-0.15, -0.1) is 0 Å². The van der Waals surface area contributed by atoms with Gasteiger partial charge in [-0.05, 0) is 37.4 Å². The van der Waals surface area contributed by atoms with Crippen molar-refractivity contribution in [2.24, 2.45) is 5.92 Å². The maximum Gasteiger partial charge on any atom is 0.226 e. The molecular weight excluding hydrogens is 231 g/mol. The van der Waals surface area contributed by atoms with Crippen molar-refractivity contribution in [2.75, 3.05) is 11.9 Å². The zero-order valence-electron chi connectivity index (χ0n) is 10.6. The van der Waals surface area contributed by atoms with Gasteiger partial charge in [0.05, 0.1) is 5.69 Å². The highest BCUT2D eigenvalue weighted by molar-refractivity contribution is 5.91. The molecule has 0 aliphatic carbocycles. The third kappa shape index (κ3) is 3.29. The molecule has 18 heavy (non-hydrogen) atoms. The van der Waals surface area contributed by atoms with Crippen molar-refractivity contribution >= 4 is 11.6 Å². The lowest BCUT2D eigenvalue weighted by atomic mass is 9.90. The first-order valence-corrected chi connectivity index (χ1v) is 6.44.